The topological polar surface area (TPSA) is 67.8 Å². The van der Waals surface area contributed by atoms with Crippen LogP contribution >= 0.6 is 11.6 Å². The van der Waals surface area contributed by atoms with Gasteiger partial charge in [0, 0.05) is 24.0 Å². The summed E-state index contributed by atoms with van der Waals surface area (Å²) in [5.41, 5.74) is 0.236. The van der Waals surface area contributed by atoms with Gasteiger partial charge in [0.25, 0.3) is 5.91 Å². The van der Waals surface area contributed by atoms with Crippen molar-refractivity contribution in [1.29, 1.82) is 0 Å². The van der Waals surface area contributed by atoms with Gasteiger partial charge in [-0.25, -0.2) is 9.97 Å². The third-order valence-electron chi connectivity index (χ3n) is 2.75. The summed E-state index contributed by atoms with van der Waals surface area (Å²) in [6.07, 6.45) is 4.97. The maximum atomic E-state index is 12.1. The lowest BCUT2D eigenvalue weighted by Crippen LogP contribution is -2.14. The molecular formula is C14H9ClN4O. The predicted octanol–water partition coefficient (Wildman–Crippen LogP) is 2.93. The maximum absolute atomic E-state index is 12.1. The molecule has 0 aromatic carbocycles. The van der Waals surface area contributed by atoms with E-state index in [1.165, 1.54) is 0 Å². The number of nitrogens with one attached hydrogen (secondary N) is 1. The molecule has 98 valence electrons. The zero-order chi connectivity index (χ0) is 13.9. The first kappa shape index (κ1) is 12.5. The normalized spacial score (nSPS) is 10.4. The van der Waals surface area contributed by atoms with E-state index in [0.29, 0.717) is 5.82 Å². The summed E-state index contributed by atoms with van der Waals surface area (Å²) in [5, 5.41) is 4.70. The molecule has 0 aliphatic heterocycles. The van der Waals surface area contributed by atoms with Crippen molar-refractivity contribution in [2.75, 3.05) is 5.32 Å². The molecule has 5 nitrogen and oxygen atoms in total. The van der Waals surface area contributed by atoms with Crippen LogP contribution in [0.4, 0.5) is 5.82 Å². The molecule has 0 bridgehead atoms. The summed E-state index contributed by atoms with van der Waals surface area (Å²) in [7, 11) is 0. The molecule has 0 saturated heterocycles. The fourth-order valence-corrected chi connectivity index (χ4v) is 1.98. The second-order valence-electron chi connectivity index (χ2n) is 4.06. The van der Waals surface area contributed by atoms with Gasteiger partial charge in [0.05, 0.1) is 0 Å². The number of hydrogen-bond acceptors (Lipinski definition) is 4. The quantitative estimate of drug-likeness (QED) is 0.735. The summed E-state index contributed by atoms with van der Waals surface area (Å²) in [6.45, 7) is 0. The number of rotatable bonds is 2. The molecule has 0 unspecified atom stereocenters. The van der Waals surface area contributed by atoms with Crippen LogP contribution in [-0.2, 0) is 0 Å². The molecule has 1 N–H and O–H groups in total. The first-order valence-corrected chi connectivity index (χ1v) is 6.24. The van der Waals surface area contributed by atoms with Crippen LogP contribution in [-0.4, -0.2) is 20.9 Å². The SMILES string of the molecule is O=C(Nc1nccc2ccncc12)c1cccc(Cl)n1. The van der Waals surface area contributed by atoms with E-state index in [1.54, 1.807) is 36.8 Å². The smallest absolute Gasteiger partial charge is 0.275 e. The average molecular weight is 285 g/mol. The molecule has 0 atom stereocenters. The molecular weight excluding hydrogens is 276 g/mol. The Labute approximate surface area is 119 Å². The number of anilines is 1. The van der Waals surface area contributed by atoms with Crippen LogP contribution in [0.15, 0.2) is 48.9 Å². The Morgan fingerprint density at radius 2 is 2.00 bits per heavy atom. The first-order valence-electron chi connectivity index (χ1n) is 5.87. The van der Waals surface area contributed by atoms with E-state index >= 15 is 0 Å². The van der Waals surface area contributed by atoms with E-state index < -0.39 is 0 Å². The Kier molecular flexibility index (Phi) is 3.26. The lowest BCUT2D eigenvalue weighted by molar-refractivity contribution is 0.102. The lowest BCUT2D eigenvalue weighted by atomic mass is 10.2. The second kappa shape index (κ2) is 5.22. The zero-order valence-corrected chi connectivity index (χ0v) is 11.0. The number of halogens is 1. The summed E-state index contributed by atoms with van der Waals surface area (Å²) in [6, 6.07) is 8.57. The van der Waals surface area contributed by atoms with E-state index in [1.807, 2.05) is 12.1 Å². The van der Waals surface area contributed by atoms with Gasteiger partial charge in [-0.1, -0.05) is 17.7 Å². The van der Waals surface area contributed by atoms with Crippen molar-refractivity contribution in [3.63, 3.8) is 0 Å². The van der Waals surface area contributed by atoms with Gasteiger partial charge in [-0.3, -0.25) is 9.78 Å². The molecule has 3 aromatic heterocycles. The van der Waals surface area contributed by atoms with Crippen molar-refractivity contribution < 1.29 is 4.79 Å². The number of pyridine rings is 3. The van der Waals surface area contributed by atoms with Crippen LogP contribution in [0, 0.1) is 0 Å². The molecule has 3 heterocycles. The number of carbonyl (C=O) groups is 1. The monoisotopic (exact) mass is 284 g/mol. The Morgan fingerprint density at radius 3 is 2.85 bits per heavy atom. The Hall–Kier alpha value is -2.53. The van der Waals surface area contributed by atoms with Gasteiger partial charge < -0.3 is 5.32 Å². The maximum Gasteiger partial charge on any atom is 0.275 e. The number of nitrogens with zero attached hydrogens (tertiary/aromatic N) is 3. The Morgan fingerprint density at radius 1 is 1.15 bits per heavy atom. The highest BCUT2D eigenvalue weighted by Gasteiger charge is 2.10. The lowest BCUT2D eigenvalue weighted by Gasteiger charge is -2.06. The molecule has 0 aliphatic rings. The van der Waals surface area contributed by atoms with Crippen LogP contribution in [0.1, 0.15) is 10.5 Å². The number of fused-ring (bicyclic) bond motifs is 1. The van der Waals surface area contributed by atoms with Crippen LogP contribution < -0.4 is 5.32 Å². The predicted molar refractivity (Wildman–Crippen MR) is 76.7 cm³/mol. The van der Waals surface area contributed by atoms with E-state index in [-0.39, 0.29) is 16.8 Å². The summed E-state index contributed by atoms with van der Waals surface area (Å²) >= 11 is 5.77. The molecule has 20 heavy (non-hydrogen) atoms. The van der Waals surface area contributed by atoms with Crippen molar-refractivity contribution >= 4 is 34.1 Å². The highest BCUT2D eigenvalue weighted by molar-refractivity contribution is 6.29. The molecule has 0 radical (unpaired) electrons. The number of amides is 1. The highest BCUT2D eigenvalue weighted by Crippen LogP contribution is 2.19. The van der Waals surface area contributed by atoms with E-state index in [0.717, 1.165) is 10.8 Å². The minimum absolute atomic E-state index is 0.236. The van der Waals surface area contributed by atoms with E-state index in [4.69, 9.17) is 11.6 Å². The van der Waals surface area contributed by atoms with Crippen LogP contribution in [0.3, 0.4) is 0 Å². The average Bonchev–Trinajstić information content (AvgIpc) is 2.47. The van der Waals surface area contributed by atoms with Gasteiger partial charge in [-0.05, 0) is 29.7 Å². The molecule has 6 heteroatoms. The van der Waals surface area contributed by atoms with Crippen molar-refractivity contribution in [3.8, 4) is 0 Å². The second-order valence-corrected chi connectivity index (χ2v) is 4.44. The molecule has 3 rings (SSSR count). The fraction of sp³-hybridized carbons (Fsp3) is 0. The molecule has 3 aromatic rings. The van der Waals surface area contributed by atoms with E-state index in [9.17, 15) is 4.79 Å². The zero-order valence-electron chi connectivity index (χ0n) is 10.2. The first-order chi connectivity index (χ1) is 9.74. The van der Waals surface area contributed by atoms with Crippen LogP contribution in [0.2, 0.25) is 5.15 Å². The largest absolute Gasteiger partial charge is 0.305 e. The van der Waals surface area contributed by atoms with Gasteiger partial charge >= 0.3 is 0 Å². The standard InChI is InChI=1S/C14H9ClN4O/c15-12-3-1-2-11(18-12)14(20)19-13-10-8-16-6-4-9(10)5-7-17-13/h1-8H,(H,17,19,20). The van der Waals surface area contributed by atoms with Gasteiger partial charge in [0.1, 0.15) is 16.7 Å². The molecule has 0 saturated carbocycles. The molecule has 0 fully saturated rings. The van der Waals surface area contributed by atoms with Gasteiger partial charge in [0.2, 0.25) is 0 Å². The Balaban J connectivity index is 1.95. The number of aromatic nitrogens is 3. The third kappa shape index (κ3) is 2.44. The molecule has 1 amide bonds. The van der Waals surface area contributed by atoms with Crippen LogP contribution in [0.5, 0.6) is 0 Å². The molecule has 0 aliphatic carbocycles. The van der Waals surface area contributed by atoms with E-state index in [2.05, 4.69) is 20.3 Å². The third-order valence-corrected chi connectivity index (χ3v) is 2.96. The summed E-state index contributed by atoms with van der Waals surface area (Å²) in [5.74, 6) is 0.0822. The van der Waals surface area contributed by atoms with Crippen molar-refractivity contribution in [1.82, 2.24) is 15.0 Å². The molecule has 0 spiro atoms. The highest BCUT2D eigenvalue weighted by atomic mass is 35.5. The fourth-order valence-electron chi connectivity index (χ4n) is 1.82. The number of hydrogen-bond donors (Lipinski definition) is 1. The summed E-state index contributed by atoms with van der Waals surface area (Å²) < 4.78 is 0. The van der Waals surface area contributed by atoms with Gasteiger partial charge in [0.15, 0.2) is 0 Å². The van der Waals surface area contributed by atoms with Crippen molar-refractivity contribution in [2.24, 2.45) is 0 Å². The van der Waals surface area contributed by atoms with Gasteiger partial charge in [-0.15, -0.1) is 0 Å². The van der Waals surface area contributed by atoms with Crippen molar-refractivity contribution in [3.05, 3.63) is 59.8 Å². The minimum atomic E-state index is -0.364. The van der Waals surface area contributed by atoms with Crippen molar-refractivity contribution in [2.45, 2.75) is 0 Å². The number of carbonyl (C=O) groups excluding carboxylic acids is 1. The van der Waals surface area contributed by atoms with Gasteiger partial charge in [-0.2, -0.15) is 0 Å². The Bertz CT molecular complexity index is 785. The minimum Gasteiger partial charge on any atom is -0.305 e. The van der Waals surface area contributed by atoms with Crippen LogP contribution in [0.25, 0.3) is 10.8 Å². The summed E-state index contributed by atoms with van der Waals surface area (Å²) in [4.78, 5) is 24.3.